The van der Waals surface area contributed by atoms with Gasteiger partial charge < -0.3 is 10.1 Å². The van der Waals surface area contributed by atoms with Gasteiger partial charge in [0, 0.05) is 43.0 Å². The van der Waals surface area contributed by atoms with Gasteiger partial charge in [-0.15, -0.1) is 13.2 Å². The molecular formula is C26H28F3N5O2. The average Bonchev–Trinajstić information content (AvgIpc) is 3.34. The Balaban J connectivity index is 0.00000222. The standard InChI is InChI=1S/C24H24F3N5O2.C2H4/c1-16(30-23(33)17-8-5-10-19(13-17)34-3)7-4-11-22(28-2)32-21(24(25,26)27)14-20(31-32)18-9-6-12-29-15-18;1-2/h4-10,12-16H,11H2,1-3H3,(H,30,33);1-2H2/b7-4-,28-22?;. The van der Waals surface area contributed by atoms with Crippen molar-refractivity contribution >= 4 is 11.7 Å². The smallest absolute Gasteiger partial charge is 0.433 e. The first-order valence-electron chi connectivity index (χ1n) is 10.9. The fourth-order valence-electron chi connectivity index (χ4n) is 3.19. The van der Waals surface area contributed by atoms with E-state index in [-0.39, 0.29) is 29.9 Å². The highest BCUT2D eigenvalue weighted by Crippen LogP contribution is 2.32. The number of halogens is 3. The van der Waals surface area contributed by atoms with E-state index in [1.54, 1.807) is 55.5 Å². The third kappa shape index (κ3) is 7.39. The number of pyridine rings is 1. The van der Waals surface area contributed by atoms with Crippen LogP contribution in [-0.2, 0) is 6.18 Å². The Bertz CT molecular complexity index is 1200. The second kappa shape index (κ2) is 13.0. The van der Waals surface area contributed by atoms with Gasteiger partial charge in [-0.2, -0.15) is 18.3 Å². The summed E-state index contributed by atoms with van der Waals surface area (Å²) in [6.45, 7) is 7.76. The molecule has 0 aliphatic heterocycles. The van der Waals surface area contributed by atoms with Crippen LogP contribution in [0.2, 0.25) is 0 Å². The van der Waals surface area contributed by atoms with Gasteiger partial charge in [0.2, 0.25) is 0 Å². The lowest BCUT2D eigenvalue weighted by Gasteiger charge is -2.12. The van der Waals surface area contributed by atoms with E-state index in [0.717, 1.165) is 10.7 Å². The van der Waals surface area contributed by atoms with E-state index in [9.17, 15) is 18.0 Å². The topological polar surface area (TPSA) is 81.4 Å². The van der Waals surface area contributed by atoms with Crippen molar-refractivity contribution in [3.05, 3.63) is 91.4 Å². The highest BCUT2D eigenvalue weighted by atomic mass is 19.4. The Morgan fingerprint density at radius 3 is 2.61 bits per heavy atom. The van der Waals surface area contributed by atoms with E-state index in [1.165, 1.54) is 26.6 Å². The normalized spacial score (nSPS) is 12.6. The molecule has 0 saturated carbocycles. The molecule has 0 fully saturated rings. The minimum absolute atomic E-state index is 0.0765. The second-order valence-electron chi connectivity index (χ2n) is 7.33. The summed E-state index contributed by atoms with van der Waals surface area (Å²) in [7, 11) is 2.92. The van der Waals surface area contributed by atoms with Gasteiger partial charge in [-0.05, 0) is 43.3 Å². The van der Waals surface area contributed by atoms with Crippen molar-refractivity contribution in [3.63, 3.8) is 0 Å². The molecule has 10 heteroatoms. The van der Waals surface area contributed by atoms with Crippen molar-refractivity contribution in [2.45, 2.75) is 25.6 Å². The van der Waals surface area contributed by atoms with E-state index in [1.807, 2.05) is 0 Å². The quantitative estimate of drug-likeness (QED) is 0.268. The molecule has 190 valence electrons. The average molecular weight is 500 g/mol. The summed E-state index contributed by atoms with van der Waals surface area (Å²) in [5.41, 5.74) is 0.112. The Morgan fingerprint density at radius 1 is 1.25 bits per heavy atom. The molecule has 2 aromatic heterocycles. The molecule has 1 N–H and O–H groups in total. The molecule has 36 heavy (non-hydrogen) atoms. The van der Waals surface area contributed by atoms with Gasteiger partial charge >= 0.3 is 6.18 Å². The first-order valence-corrected chi connectivity index (χ1v) is 10.9. The van der Waals surface area contributed by atoms with E-state index in [0.29, 0.717) is 16.9 Å². The summed E-state index contributed by atoms with van der Waals surface area (Å²) in [5.74, 6) is 0.364. The SMILES string of the molecule is C=C.CN=C(C/C=C\C(C)NC(=O)c1cccc(OC)c1)n1nc(-c2cccnc2)cc1C(F)(F)F. The van der Waals surface area contributed by atoms with Crippen LogP contribution in [0.4, 0.5) is 13.2 Å². The van der Waals surface area contributed by atoms with Crippen LogP contribution in [0.1, 0.15) is 29.4 Å². The third-order valence-electron chi connectivity index (χ3n) is 4.88. The zero-order chi connectivity index (χ0) is 26.7. The Kier molecular flexibility index (Phi) is 10.1. The highest BCUT2D eigenvalue weighted by Gasteiger charge is 2.37. The van der Waals surface area contributed by atoms with Crippen LogP contribution < -0.4 is 10.1 Å². The number of nitrogens with zero attached hydrogens (tertiary/aromatic N) is 4. The maximum absolute atomic E-state index is 13.7. The zero-order valence-electron chi connectivity index (χ0n) is 20.3. The minimum atomic E-state index is -4.62. The number of methoxy groups -OCH3 is 1. The first-order chi connectivity index (χ1) is 17.2. The largest absolute Gasteiger partial charge is 0.497 e. The van der Waals surface area contributed by atoms with Gasteiger partial charge in [-0.3, -0.25) is 14.8 Å². The summed E-state index contributed by atoms with van der Waals surface area (Å²) in [6.07, 6.45) is 1.76. The van der Waals surface area contributed by atoms with Crippen LogP contribution in [0.25, 0.3) is 11.3 Å². The Hall–Kier alpha value is -4.21. The van der Waals surface area contributed by atoms with Crippen LogP contribution in [0.15, 0.2) is 85.2 Å². The molecule has 0 spiro atoms. The van der Waals surface area contributed by atoms with Gasteiger partial charge in [-0.1, -0.05) is 18.2 Å². The lowest BCUT2D eigenvalue weighted by Crippen LogP contribution is -2.31. The molecule has 1 unspecified atom stereocenters. The van der Waals surface area contributed by atoms with Crippen LogP contribution in [0.5, 0.6) is 5.75 Å². The van der Waals surface area contributed by atoms with Crippen LogP contribution in [0.3, 0.4) is 0 Å². The molecule has 0 aliphatic carbocycles. The van der Waals surface area contributed by atoms with Gasteiger partial charge in [0.1, 0.15) is 17.3 Å². The fourth-order valence-corrected chi connectivity index (χ4v) is 3.19. The van der Waals surface area contributed by atoms with E-state index in [4.69, 9.17) is 4.74 Å². The molecule has 0 bridgehead atoms. The number of alkyl halides is 3. The number of carbonyl (C=O) groups is 1. The monoisotopic (exact) mass is 499 g/mol. The number of aromatic nitrogens is 3. The van der Waals surface area contributed by atoms with E-state index >= 15 is 0 Å². The van der Waals surface area contributed by atoms with Crippen molar-refractivity contribution in [2.24, 2.45) is 4.99 Å². The molecule has 0 radical (unpaired) electrons. The predicted octanol–water partition coefficient (Wildman–Crippen LogP) is 5.42. The summed E-state index contributed by atoms with van der Waals surface area (Å²) in [6, 6.07) is 10.6. The summed E-state index contributed by atoms with van der Waals surface area (Å²) in [4.78, 5) is 20.4. The molecule has 3 aromatic rings. The van der Waals surface area contributed by atoms with E-state index in [2.05, 4.69) is 33.5 Å². The van der Waals surface area contributed by atoms with Crippen LogP contribution >= 0.6 is 0 Å². The third-order valence-corrected chi connectivity index (χ3v) is 4.88. The molecule has 1 amide bonds. The van der Waals surface area contributed by atoms with Crippen molar-refractivity contribution < 1.29 is 22.7 Å². The van der Waals surface area contributed by atoms with Crippen molar-refractivity contribution in [2.75, 3.05) is 14.2 Å². The molecule has 1 aromatic carbocycles. The van der Waals surface area contributed by atoms with Gasteiger partial charge in [0.25, 0.3) is 5.91 Å². The van der Waals surface area contributed by atoms with Crippen molar-refractivity contribution in [1.29, 1.82) is 0 Å². The molecule has 0 aliphatic rings. The minimum Gasteiger partial charge on any atom is -0.497 e. The molecule has 3 rings (SSSR count). The number of carbonyl (C=O) groups excluding carboxylic acids is 1. The number of amides is 1. The van der Waals surface area contributed by atoms with Gasteiger partial charge in [0.05, 0.1) is 12.8 Å². The maximum atomic E-state index is 13.7. The van der Waals surface area contributed by atoms with E-state index < -0.39 is 11.9 Å². The molecule has 7 nitrogen and oxygen atoms in total. The number of benzene rings is 1. The van der Waals surface area contributed by atoms with Crippen molar-refractivity contribution in [3.8, 4) is 17.0 Å². The number of allylic oxidation sites excluding steroid dienone is 1. The zero-order valence-corrected chi connectivity index (χ0v) is 20.3. The lowest BCUT2D eigenvalue weighted by atomic mass is 10.2. The number of hydrogen-bond acceptors (Lipinski definition) is 5. The molecule has 0 saturated heterocycles. The molecule has 2 heterocycles. The highest BCUT2D eigenvalue weighted by molar-refractivity contribution is 5.94. The number of hydrogen-bond donors (Lipinski definition) is 1. The summed E-state index contributed by atoms with van der Waals surface area (Å²) < 4.78 is 46.9. The van der Waals surface area contributed by atoms with Gasteiger partial charge in [-0.25, -0.2) is 4.68 Å². The first kappa shape index (κ1) is 28.0. The Labute approximate surface area is 208 Å². The number of nitrogens with one attached hydrogen (secondary N) is 1. The Morgan fingerprint density at radius 2 is 2.00 bits per heavy atom. The van der Waals surface area contributed by atoms with Crippen molar-refractivity contribution in [1.82, 2.24) is 20.1 Å². The number of ether oxygens (including phenoxy) is 1. The summed E-state index contributed by atoms with van der Waals surface area (Å²) >= 11 is 0. The number of aliphatic imine (C=N–C) groups is 1. The molecule has 1 atom stereocenters. The predicted molar refractivity (Wildman–Crippen MR) is 134 cm³/mol. The second-order valence-corrected chi connectivity index (χ2v) is 7.33. The summed E-state index contributed by atoms with van der Waals surface area (Å²) in [5, 5.41) is 6.94. The van der Waals surface area contributed by atoms with Gasteiger partial charge in [0.15, 0.2) is 0 Å². The molecular weight excluding hydrogens is 471 g/mol. The van der Waals surface area contributed by atoms with Crippen LogP contribution in [-0.4, -0.2) is 46.7 Å². The number of rotatable bonds is 7. The lowest BCUT2D eigenvalue weighted by molar-refractivity contribution is -0.142. The fraction of sp³-hybridized carbons (Fsp3) is 0.231. The van der Waals surface area contributed by atoms with Crippen LogP contribution in [0, 0.1) is 0 Å². The maximum Gasteiger partial charge on any atom is 0.433 e.